The minimum Gasteiger partial charge on any atom is -0.287 e. The number of hydrogen-bond donors (Lipinski definition) is 1. The Labute approximate surface area is 116 Å². The summed E-state index contributed by atoms with van der Waals surface area (Å²) in [6.07, 6.45) is 4.61. The van der Waals surface area contributed by atoms with E-state index in [2.05, 4.69) is 10.2 Å². The van der Waals surface area contributed by atoms with Crippen molar-refractivity contribution >= 4 is 11.6 Å². The molecule has 1 aliphatic carbocycles. The lowest BCUT2D eigenvalue weighted by molar-refractivity contribution is 0.643. The van der Waals surface area contributed by atoms with E-state index in [0.717, 1.165) is 42.5 Å². The van der Waals surface area contributed by atoms with Crippen molar-refractivity contribution in [3.63, 3.8) is 0 Å². The van der Waals surface area contributed by atoms with Crippen LogP contribution in [-0.2, 0) is 19.3 Å². The highest BCUT2D eigenvalue weighted by Crippen LogP contribution is 2.16. The minimum atomic E-state index is 0.114. The Bertz CT molecular complexity index is 646. The Morgan fingerprint density at radius 3 is 2.68 bits per heavy atom. The fraction of sp³-hybridized carbons (Fsp3) is 0.333. The Morgan fingerprint density at radius 1 is 1.16 bits per heavy atom. The molecule has 0 fully saturated rings. The van der Waals surface area contributed by atoms with Gasteiger partial charge in [-0.15, -0.1) is 0 Å². The summed E-state index contributed by atoms with van der Waals surface area (Å²) in [6.45, 7) is 0. The Hall–Kier alpha value is -1.61. The molecule has 1 aromatic heterocycles. The predicted molar refractivity (Wildman–Crippen MR) is 75.8 cm³/mol. The topological polar surface area (TPSA) is 45.8 Å². The molecule has 0 bridgehead atoms. The number of nitrogens with one attached hydrogen (secondary N) is 1. The Balaban J connectivity index is 1.93. The molecule has 1 heterocycles. The van der Waals surface area contributed by atoms with Gasteiger partial charge in [-0.05, 0) is 43.4 Å². The second-order valence-corrected chi connectivity index (χ2v) is 5.40. The molecule has 2 aromatic rings. The summed E-state index contributed by atoms with van der Waals surface area (Å²) in [6, 6.07) is 7.54. The van der Waals surface area contributed by atoms with Gasteiger partial charge in [0.25, 0.3) is 0 Å². The number of aryl methyl sites for hydroxylation is 1. The molecule has 0 amide bonds. The second-order valence-electron chi connectivity index (χ2n) is 4.97. The first-order valence-electron chi connectivity index (χ1n) is 6.58. The molecular weight excluding hydrogens is 260 g/mol. The molecule has 3 rings (SSSR count). The predicted octanol–water partition coefficient (Wildman–Crippen LogP) is 2.89. The number of aromatic amines is 1. The molecule has 3 nitrogen and oxygen atoms in total. The van der Waals surface area contributed by atoms with E-state index in [0.29, 0.717) is 17.1 Å². The Kier molecular flexibility index (Phi) is 3.38. The fourth-order valence-corrected chi connectivity index (χ4v) is 2.68. The van der Waals surface area contributed by atoms with Gasteiger partial charge in [-0.2, -0.15) is 5.10 Å². The molecule has 0 atom stereocenters. The number of halogens is 1. The third-order valence-corrected chi connectivity index (χ3v) is 3.87. The van der Waals surface area contributed by atoms with Gasteiger partial charge in [-0.3, -0.25) is 9.89 Å². The van der Waals surface area contributed by atoms with E-state index in [4.69, 9.17) is 11.6 Å². The minimum absolute atomic E-state index is 0.114. The van der Waals surface area contributed by atoms with Crippen LogP contribution in [0.25, 0.3) is 0 Å². The van der Waals surface area contributed by atoms with Crippen LogP contribution in [0.15, 0.2) is 29.1 Å². The molecule has 1 N–H and O–H groups in total. The molecule has 0 saturated carbocycles. The van der Waals surface area contributed by atoms with Gasteiger partial charge in [0, 0.05) is 22.7 Å². The number of nitrogens with zero attached hydrogens (tertiary/aromatic N) is 1. The maximum absolute atomic E-state index is 12.4. The van der Waals surface area contributed by atoms with Gasteiger partial charge in [-0.1, -0.05) is 23.7 Å². The van der Waals surface area contributed by atoms with E-state index >= 15 is 0 Å². The standard InChI is InChI=1S/C15H15ClN2O/c16-11-7-5-10(6-8-11)9-14-15(19)12-3-1-2-4-13(12)17-18-14/h5-8H,1-4,9H2,(H,17,19). The first kappa shape index (κ1) is 12.4. The smallest absolute Gasteiger partial charge is 0.207 e. The summed E-state index contributed by atoms with van der Waals surface area (Å²) in [4.78, 5) is 12.4. The van der Waals surface area contributed by atoms with Crippen LogP contribution >= 0.6 is 11.6 Å². The van der Waals surface area contributed by atoms with Crippen LogP contribution in [0.5, 0.6) is 0 Å². The number of benzene rings is 1. The van der Waals surface area contributed by atoms with E-state index in [1.165, 1.54) is 0 Å². The van der Waals surface area contributed by atoms with Gasteiger partial charge in [0.05, 0.1) is 0 Å². The summed E-state index contributed by atoms with van der Waals surface area (Å²) < 4.78 is 0. The molecule has 0 unspecified atom stereocenters. The van der Waals surface area contributed by atoms with Gasteiger partial charge in [0.1, 0.15) is 5.69 Å². The zero-order chi connectivity index (χ0) is 13.2. The van der Waals surface area contributed by atoms with Crippen LogP contribution in [0.1, 0.15) is 35.4 Å². The first-order valence-corrected chi connectivity index (χ1v) is 6.95. The number of rotatable bonds is 2. The lowest BCUT2D eigenvalue weighted by atomic mass is 9.95. The molecule has 0 saturated heterocycles. The number of fused-ring (bicyclic) bond motifs is 1. The highest BCUT2D eigenvalue weighted by atomic mass is 35.5. The van der Waals surface area contributed by atoms with Crippen LogP contribution in [0.2, 0.25) is 5.02 Å². The van der Waals surface area contributed by atoms with E-state index < -0.39 is 0 Å². The lowest BCUT2D eigenvalue weighted by Crippen LogP contribution is -2.23. The average molecular weight is 275 g/mol. The number of hydrogen-bond acceptors (Lipinski definition) is 2. The summed E-state index contributed by atoms with van der Waals surface area (Å²) in [5.74, 6) is 0. The molecule has 0 spiro atoms. The zero-order valence-corrected chi connectivity index (χ0v) is 11.3. The molecule has 0 radical (unpaired) electrons. The van der Waals surface area contributed by atoms with Crippen molar-refractivity contribution in [1.29, 1.82) is 0 Å². The third kappa shape index (κ3) is 2.56. The van der Waals surface area contributed by atoms with E-state index in [-0.39, 0.29) is 5.43 Å². The van der Waals surface area contributed by atoms with E-state index in [1.807, 2.05) is 24.3 Å². The monoisotopic (exact) mass is 274 g/mol. The van der Waals surface area contributed by atoms with Crippen molar-refractivity contribution in [3.05, 3.63) is 62.0 Å². The highest BCUT2D eigenvalue weighted by Gasteiger charge is 2.16. The largest absolute Gasteiger partial charge is 0.287 e. The molecule has 98 valence electrons. The number of H-pyrrole nitrogens is 1. The van der Waals surface area contributed by atoms with Crippen molar-refractivity contribution in [1.82, 2.24) is 10.2 Å². The maximum atomic E-state index is 12.4. The summed E-state index contributed by atoms with van der Waals surface area (Å²) in [5, 5.41) is 8.00. The quantitative estimate of drug-likeness (QED) is 0.915. The van der Waals surface area contributed by atoms with Gasteiger partial charge in [0.15, 0.2) is 0 Å². The molecule has 19 heavy (non-hydrogen) atoms. The van der Waals surface area contributed by atoms with E-state index in [9.17, 15) is 4.79 Å². The molecular formula is C15H15ClN2O. The van der Waals surface area contributed by atoms with Crippen LogP contribution in [0.4, 0.5) is 0 Å². The van der Waals surface area contributed by atoms with Gasteiger partial charge in [0.2, 0.25) is 5.43 Å². The van der Waals surface area contributed by atoms with Crippen LogP contribution in [-0.4, -0.2) is 10.2 Å². The van der Waals surface area contributed by atoms with Crippen LogP contribution in [0.3, 0.4) is 0 Å². The average Bonchev–Trinajstić information content (AvgIpc) is 2.45. The SMILES string of the molecule is O=c1c(Cc2ccc(Cl)cc2)n[nH]c2c1CCCC2. The molecule has 1 aromatic carbocycles. The highest BCUT2D eigenvalue weighted by molar-refractivity contribution is 6.30. The first-order chi connectivity index (χ1) is 9.24. The fourth-order valence-electron chi connectivity index (χ4n) is 2.55. The van der Waals surface area contributed by atoms with Crippen molar-refractivity contribution in [2.24, 2.45) is 0 Å². The Morgan fingerprint density at radius 2 is 1.89 bits per heavy atom. The number of aromatic nitrogens is 2. The van der Waals surface area contributed by atoms with Gasteiger partial charge in [-0.25, -0.2) is 0 Å². The normalized spacial score (nSPS) is 14.2. The van der Waals surface area contributed by atoms with Crippen LogP contribution in [0, 0.1) is 0 Å². The maximum Gasteiger partial charge on any atom is 0.207 e. The second kappa shape index (κ2) is 5.17. The van der Waals surface area contributed by atoms with E-state index in [1.54, 1.807) is 0 Å². The summed E-state index contributed by atoms with van der Waals surface area (Å²) in [5.41, 5.74) is 3.73. The van der Waals surface area contributed by atoms with Crippen molar-refractivity contribution < 1.29 is 0 Å². The third-order valence-electron chi connectivity index (χ3n) is 3.61. The molecule has 0 aliphatic heterocycles. The lowest BCUT2D eigenvalue weighted by Gasteiger charge is -2.14. The zero-order valence-electron chi connectivity index (χ0n) is 10.6. The van der Waals surface area contributed by atoms with Crippen molar-refractivity contribution in [2.75, 3.05) is 0 Å². The van der Waals surface area contributed by atoms with Crippen molar-refractivity contribution in [2.45, 2.75) is 32.1 Å². The van der Waals surface area contributed by atoms with Gasteiger partial charge >= 0.3 is 0 Å². The van der Waals surface area contributed by atoms with Crippen molar-refractivity contribution in [3.8, 4) is 0 Å². The molecule has 4 heteroatoms. The molecule has 1 aliphatic rings. The summed E-state index contributed by atoms with van der Waals surface area (Å²) >= 11 is 5.86. The summed E-state index contributed by atoms with van der Waals surface area (Å²) in [7, 11) is 0. The van der Waals surface area contributed by atoms with Gasteiger partial charge < -0.3 is 0 Å². The van der Waals surface area contributed by atoms with Crippen LogP contribution < -0.4 is 5.43 Å².